The molecule has 0 aliphatic rings. The number of rotatable bonds is 9. The normalized spacial score (nSPS) is 11.4. The molecule has 6 nitrogen and oxygen atoms in total. The number of benzene rings is 2. The van der Waals surface area contributed by atoms with E-state index in [2.05, 4.69) is 10.6 Å². The summed E-state index contributed by atoms with van der Waals surface area (Å²) >= 11 is 0. The van der Waals surface area contributed by atoms with Crippen LogP contribution < -0.4 is 10.6 Å². The van der Waals surface area contributed by atoms with Crippen LogP contribution in [-0.2, 0) is 9.59 Å². The molecule has 0 bridgehead atoms. The van der Waals surface area contributed by atoms with Crippen LogP contribution in [0.4, 0.5) is 0 Å². The predicted molar refractivity (Wildman–Crippen MR) is 102 cm³/mol. The predicted octanol–water partition coefficient (Wildman–Crippen LogP) is 2.84. The highest BCUT2D eigenvalue weighted by Crippen LogP contribution is 2.17. The van der Waals surface area contributed by atoms with E-state index < -0.39 is 12.0 Å². The Morgan fingerprint density at radius 2 is 1.67 bits per heavy atom. The van der Waals surface area contributed by atoms with Gasteiger partial charge in [-0.25, -0.2) is 0 Å². The van der Waals surface area contributed by atoms with Crippen LogP contribution in [0.3, 0.4) is 0 Å². The molecule has 0 radical (unpaired) electrons. The van der Waals surface area contributed by atoms with Crippen LogP contribution in [0.1, 0.15) is 46.8 Å². The van der Waals surface area contributed by atoms with Gasteiger partial charge < -0.3 is 15.7 Å². The number of aliphatic carboxylic acids is 1. The second kappa shape index (κ2) is 10.1. The summed E-state index contributed by atoms with van der Waals surface area (Å²) in [5.41, 5.74) is 2.42. The van der Waals surface area contributed by atoms with Crippen molar-refractivity contribution in [3.8, 4) is 0 Å². The third-order valence-corrected chi connectivity index (χ3v) is 4.10. The molecule has 2 rings (SSSR count). The Bertz CT molecular complexity index is 773. The maximum absolute atomic E-state index is 12.5. The van der Waals surface area contributed by atoms with Crippen LogP contribution in [-0.4, -0.2) is 29.4 Å². The lowest BCUT2D eigenvalue weighted by Crippen LogP contribution is -2.34. The number of nitrogens with one attached hydrogen (secondary N) is 2. The minimum Gasteiger partial charge on any atom is -0.481 e. The molecule has 1 unspecified atom stereocenters. The van der Waals surface area contributed by atoms with E-state index in [-0.39, 0.29) is 24.7 Å². The van der Waals surface area contributed by atoms with Crippen molar-refractivity contribution in [2.24, 2.45) is 0 Å². The van der Waals surface area contributed by atoms with E-state index in [0.717, 1.165) is 11.1 Å². The van der Waals surface area contributed by atoms with Gasteiger partial charge in [0.1, 0.15) is 0 Å². The maximum Gasteiger partial charge on any atom is 0.303 e. The number of hydrogen-bond acceptors (Lipinski definition) is 3. The lowest BCUT2D eigenvalue weighted by Gasteiger charge is -2.19. The lowest BCUT2D eigenvalue weighted by molar-refractivity contribution is -0.137. The van der Waals surface area contributed by atoms with Crippen molar-refractivity contribution >= 4 is 17.8 Å². The molecule has 2 aromatic rings. The summed E-state index contributed by atoms with van der Waals surface area (Å²) in [5, 5.41) is 14.3. The quantitative estimate of drug-likeness (QED) is 0.593. The summed E-state index contributed by atoms with van der Waals surface area (Å²) in [5.74, 6) is -1.38. The number of carbonyl (C=O) groups excluding carboxylic acids is 2. The van der Waals surface area contributed by atoms with Gasteiger partial charge >= 0.3 is 5.97 Å². The van der Waals surface area contributed by atoms with E-state index in [4.69, 9.17) is 5.11 Å². The van der Waals surface area contributed by atoms with Crippen LogP contribution in [0.15, 0.2) is 54.6 Å². The van der Waals surface area contributed by atoms with Crippen molar-refractivity contribution in [2.45, 2.75) is 32.2 Å². The zero-order valence-electron chi connectivity index (χ0n) is 15.3. The van der Waals surface area contributed by atoms with Gasteiger partial charge in [-0.3, -0.25) is 14.4 Å². The van der Waals surface area contributed by atoms with E-state index in [1.165, 1.54) is 0 Å². The molecule has 1 atom stereocenters. The molecule has 0 aliphatic heterocycles. The molecule has 0 saturated heterocycles. The van der Waals surface area contributed by atoms with Crippen LogP contribution >= 0.6 is 0 Å². The number of carboxylic acids is 1. The smallest absolute Gasteiger partial charge is 0.303 e. The maximum atomic E-state index is 12.5. The Labute approximate surface area is 158 Å². The SMILES string of the molecule is Cc1ccc(C(=O)NC(CC(=O)NCCCC(=O)O)c2ccccc2)cc1. The van der Waals surface area contributed by atoms with Crippen molar-refractivity contribution in [1.82, 2.24) is 10.6 Å². The van der Waals surface area contributed by atoms with Gasteiger partial charge in [0, 0.05) is 18.5 Å². The zero-order chi connectivity index (χ0) is 19.6. The van der Waals surface area contributed by atoms with E-state index in [1.807, 2.05) is 49.4 Å². The summed E-state index contributed by atoms with van der Waals surface area (Å²) in [7, 11) is 0. The van der Waals surface area contributed by atoms with Crippen LogP contribution in [0, 0.1) is 6.92 Å². The first kappa shape index (κ1) is 20.2. The van der Waals surface area contributed by atoms with Crippen LogP contribution in [0.2, 0.25) is 0 Å². The fraction of sp³-hybridized carbons (Fsp3) is 0.286. The molecular formula is C21H24N2O4. The fourth-order valence-corrected chi connectivity index (χ4v) is 2.61. The number of carboxylic acid groups (broad SMARTS) is 1. The monoisotopic (exact) mass is 368 g/mol. The Morgan fingerprint density at radius 3 is 2.30 bits per heavy atom. The first-order valence-corrected chi connectivity index (χ1v) is 8.86. The Balaban J connectivity index is 2.01. The third-order valence-electron chi connectivity index (χ3n) is 4.10. The van der Waals surface area contributed by atoms with Crippen molar-refractivity contribution in [3.63, 3.8) is 0 Å². The molecular weight excluding hydrogens is 344 g/mol. The third kappa shape index (κ3) is 6.93. The molecule has 0 heterocycles. The van der Waals surface area contributed by atoms with Crippen LogP contribution in [0.25, 0.3) is 0 Å². The second-order valence-corrected chi connectivity index (χ2v) is 6.35. The van der Waals surface area contributed by atoms with Gasteiger partial charge in [-0.05, 0) is 31.0 Å². The van der Waals surface area contributed by atoms with Crippen molar-refractivity contribution in [3.05, 3.63) is 71.3 Å². The number of amides is 2. The number of aryl methyl sites for hydroxylation is 1. The summed E-state index contributed by atoms with van der Waals surface area (Å²) in [6.07, 6.45) is 0.452. The Hall–Kier alpha value is -3.15. The van der Waals surface area contributed by atoms with Crippen molar-refractivity contribution < 1.29 is 19.5 Å². The largest absolute Gasteiger partial charge is 0.481 e. The fourth-order valence-electron chi connectivity index (χ4n) is 2.61. The number of hydrogen-bond donors (Lipinski definition) is 3. The summed E-state index contributed by atoms with van der Waals surface area (Å²) < 4.78 is 0. The van der Waals surface area contributed by atoms with Gasteiger partial charge in [-0.15, -0.1) is 0 Å². The molecule has 2 amide bonds. The lowest BCUT2D eigenvalue weighted by atomic mass is 10.0. The first-order valence-electron chi connectivity index (χ1n) is 8.86. The molecule has 0 aromatic heterocycles. The molecule has 142 valence electrons. The standard InChI is InChI=1S/C21H24N2O4/c1-15-9-11-17(12-10-15)21(27)23-18(16-6-3-2-4-7-16)14-19(24)22-13-5-8-20(25)26/h2-4,6-7,9-12,18H,5,8,13-14H2,1H3,(H,22,24)(H,23,27)(H,25,26). The zero-order valence-corrected chi connectivity index (χ0v) is 15.3. The molecule has 2 aromatic carbocycles. The molecule has 0 fully saturated rings. The van der Waals surface area contributed by atoms with E-state index in [0.29, 0.717) is 18.5 Å². The van der Waals surface area contributed by atoms with E-state index in [1.54, 1.807) is 12.1 Å². The summed E-state index contributed by atoms with van der Waals surface area (Å²) in [6, 6.07) is 16.0. The van der Waals surface area contributed by atoms with E-state index in [9.17, 15) is 14.4 Å². The minimum atomic E-state index is -0.892. The average molecular weight is 368 g/mol. The van der Waals surface area contributed by atoms with Crippen LogP contribution in [0.5, 0.6) is 0 Å². The molecule has 0 saturated carbocycles. The highest BCUT2D eigenvalue weighted by Gasteiger charge is 2.19. The van der Waals surface area contributed by atoms with Gasteiger partial charge in [0.15, 0.2) is 0 Å². The van der Waals surface area contributed by atoms with Gasteiger partial charge in [-0.2, -0.15) is 0 Å². The topological polar surface area (TPSA) is 95.5 Å². The Kier molecular flexibility index (Phi) is 7.55. The molecule has 6 heteroatoms. The molecule has 27 heavy (non-hydrogen) atoms. The summed E-state index contributed by atoms with van der Waals surface area (Å²) in [6.45, 7) is 2.24. The minimum absolute atomic E-state index is 0.00650. The van der Waals surface area contributed by atoms with Gasteiger partial charge in [0.25, 0.3) is 5.91 Å². The summed E-state index contributed by atoms with van der Waals surface area (Å²) in [4.78, 5) is 35.3. The molecule has 0 spiro atoms. The van der Waals surface area contributed by atoms with Crippen molar-refractivity contribution in [1.29, 1.82) is 0 Å². The Morgan fingerprint density at radius 1 is 1.00 bits per heavy atom. The highest BCUT2D eigenvalue weighted by molar-refractivity contribution is 5.94. The number of carbonyl (C=O) groups is 3. The first-order chi connectivity index (χ1) is 13.0. The molecule has 0 aliphatic carbocycles. The van der Waals surface area contributed by atoms with E-state index >= 15 is 0 Å². The van der Waals surface area contributed by atoms with Crippen molar-refractivity contribution in [2.75, 3.05) is 6.54 Å². The second-order valence-electron chi connectivity index (χ2n) is 6.35. The average Bonchev–Trinajstić information content (AvgIpc) is 2.66. The molecule has 3 N–H and O–H groups in total. The van der Waals surface area contributed by atoms with Gasteiger partial charge in [0.05, 0.1) is 12.5 Å². The highest BCUT2D eigenvalue weighted by atomic mass is 16.4. The van der Waals surface area contributed by atoms with Gasteiger partial charge in [-0.1, -0.05) is 48.0 Å². The van der Waals surface area contributed by atoms with Gasteiger partial charge in [0.2, 0.25) is 5.91 Å².